The molecule has 4 bridgehead atoms. The Hall–Kier alpha value is -2.57. The maximum absolute atomic E-state index is 13.9. The number of ether oxygens (including phenoxy) is 4. The van der Waals surface area contributed by atoms with Crippen LogP contribution < -0.4 is 10.2 Å². The van der Waals surface area contributed by atoms with Gasteiger partial charge >= 0.3 is 12.1 Å². The Morgan fingerprint density at radius 2 is 2.00 bits per heavy atom. The lowest BCUT2D eigenvalue weighted by Crippen LogP contribution is -2.60. The number of aliphatic hydroxyl groups is 1. The summed E-state index contributed by atoms with van der Waals surface area (Å²) >= 11 is 10.9. The molecule has 1 aromatic rings. The average Bonchev–Trinajstić information content (AvgIpc) is 3.69. The summed E-state index contributed by atoms with van der Waals surface area (Å²) in [6, 6.07) is 3.88. The van der Waals surface area contributed by atoms with E-state index in [2.05, 4.69) is 17.9 Å². The van der Waals surface area contributed by atoms with Crippen molar-refractivity contribution in [2.75, 3.05) is 24.3 Å². The zero-order chi connectivity index (χ0) is 34.0. The molecule has 0 aliphatic carbocycles. The Morgan fingerprint density at radius 3 is 2.70 bits per heavy atom. The number of carbonyl (C=O) groups excluding carboxylic acids is 3. The third-order valence-corrected chi connectivity index (χ3v) is 10.2. The normalized spacial score (nSPS) is 34.3. The number of fused-ring (bicyclic) bond motifs is 5. The highest BCUT2D eigenvalue weighted by Crippen LogP contribution is 2.49. The van der Waals surface area contributed by atoms with Crippen molar-refractivity contribution in [3.05, 3.63) is 52.1 Å². The number of nitrogens with zero attached hydrogens (tertiary/aromatic N) is 1. The Kier molecular flexibility index (Phi) is 11.6. The molecule has 1 aromatic carbocycles. The first-order valence-electron chi connectivity index (χ1n) is 15.8. The number of benzene rings is 1. The second-order valence-corrected chi connectivity index (χ2v) is 13.9. The number of allylic oxidation sites excluding steroid dienone is 3. The van der Waals surface area contributed by atoms with Crippen molar-refractivity contribution in [1.29, 1.82) is 0 Å². The molecule has 254 valence electrons. The van der Waals surface area contributed by atoms with Crippen LogP contribution in [0, 0.1) is 18.8 Å². The van der Waals surface area contributed by atoms with E-state index in [-0.39, 0.29) is 18.7 Å². The van der Waals surface area contributed by atoms with Crippen LogP contribution in [0.15, 0.2) is 35.9 Å². The van der Waals surface area contributed by atoms with Gasteiger partial charge in [-0.3, -0.25) is 10.1 Å². The minimum Gasteiger partial charge on any atom is -0.457 e. The van der Waals surface area contributed by atoms with Gasteiger partial charge in [-0.1, -0.05) is 55.3 Å². The van der Waals surface area contributed by atoms with Gasteiger partial charge in [-0.25, -0.2) is 9.59 Å². The highest BCUT2D eigenvalue weighted by Gasteiger charge is 2.64. The summed E-state index contributed by atoms with van der Waals surface area (Å²) in [6.45, 7) is 11.3. The molecule has 0 saturated carbocycles. The number of epoxide rings is 1. The molecule has 0 aromatic heterocycles. The minimum atomic E-state index is -1.56. The molecule has 3 aliphatic heterocycles. The summed E-state index contributed by atoms with van der Waals surface area (Å²) in [6.07, 6.45) is 3.00. The smallest absolute Gasteiger partial charge is 0.409 e. The molecule has 0 spiro atoms. The molecule has 0 radical (unpaired) electrons. The van der Waals surface area contributed by atoms with E-state index in [0.29, 0.717) is 35.9 Å². The highest BCUT2D eigenvalue weighted by atomic mass is 35.5. The maximum Gasteiger partial charge on any atom is 0.409 e. The van der Waals surface area contributed by atoms with Gasteiger partial charge < -0.3 is 29.0 Å². The van der Waals surface area contributed by atoms with Crippen LogP contribution in [-0.2, 0) is 35.0 Å². The second kappa shape index (κ2) is 14.7. The van der Waals surface area contributed by atoms with Crippen LogP contribution in [0.3, 0.4) is 0 Å². The monoisotopic (exact) mass is 678 g/mol. The van der Waals surface area contributed by atoms with Gasteiger partial charge in [0.05, 0.1) is 23.2 Å². The first kappa shape index (κ1) is 36.3. The van der Waals surface area contributed by atoms with Gasteiger partial charge in [0.15, 0.2) is 6.10 Å². The lowest BCUT2D eigenvalue weighted by atomic mass is 9.82. The van der Waals surface area contributed by atoms with Crippen LogP contribution in [0.2, 0.25) is 5.02 Å². The molecule has 2 saturated heterocycles. The van der Waals surface area contributed by atoms with E-state index in [0.717, 1.165) is 16.7 Å². The molecule has 2 N–H and O–H groups in total. The molecule has 10 nitrogen and oxygen atoms in total. The predicted molar refractivity (Wildman–Crippen MR) is 179 cm³/mol. The lowest BCUT2D eigenvalue weighted by Gasteiger charge is -2.41. The number of aryl methyl sites for hydroxylation is 1. The molecular formula is C34H47ClN2O8S. The number of anilines is 1. The van der Waals surface area contributed by atoms with Crippen LogP contribution in [0.5, 0.6) is 0 Å². The summed E-state index contributed by atoms with van der Waals surface area (Å²) < 4.78 is 23.5. The van der Waals surface area contributed by atoms with Gasteiger partial charge in [0.1, 0.15) is 23.5 Å². The predicted octanol–water partition coefficient (Wildman–Crippen LogP) is 5.31. The van der Waals surface area contributed by atoms with Crippen LogP contribution in [0.25, 0.3) is 0 Å². The Morgan fingerprint density at radius 1 is 1.28 bits per heavy atom. The van der Waals surface area contributed by atoms with Crippen molar-refractivity contribution in [1.82, 2.24) is 5.32 Å². The Balaban J connectivity index is 1.73. The number of amides is 2. The van der Waals surface area contributed by atoms with Crippen molar-refractivity contribution in [3.63, 3.8) is 0 Å². The first-order valence-corrected chi connectivity index (χ1v) is 16.8. The number of hydrogen-bond acceptors (Lipinski definition) is 9. The van der Waals surface area contributed by atoms with Crippen molar-refractivity contribution < 1.29 is 38.4 Å². The quantitative estimate of drug-likeness (QED) is 0.160. The fourth-order valence-corrected chi connectivity index (χ4v) is 6.54. The maximum atomic E-state index is 13.9. The molecule has 4 rings (SSSR count). The SMILES string of the molecule is C/C1=C\C=C\[C@@H](C)[C@@]2(O)C[C@H](OC(=O)N2)[C@@H](C)[C@@H]2O[C@@]2(C)[C@@H](OC(=O)[C@@H](C)OCCCS)CC(=O)N(C)c2cc(cc(C)c2Cl)C1. The molecular weight excluding hydrogens is 632 g/mol. The zero-order valence-corrected chi connectivity index (χ0v) is 29.3. The van der Waals surface area contributed by atoms with Gasteiger partial charge in [-0.15, -0.1) is 0 Å². The summed E-state index contributed by atoms with van der Waals surface area (Å²) in [7, 11) is 1.65. The summed E-state index contributed by atoms with van der Waals surface area (Å²) in [4.78, 5) is 41.3. The lowest BCUT2D eigenvalue weighted by molar-refractivity contribution is -0.165. The fourth-order valence-electron chi connectivity index (χ4n) is 6.18. The van der Waals surface area contributed by atoms with Crippen molar-refractivity contribution in [2.45, 2.75) is 103 Å². The van der Waals surface area contributed by atoms with Crippen LogP contribution in [0.1, 0.15) is 65.0 Å². The minimum absolute atomic E-state index is 0.107. The summed E-state index contributed by atoms with van der Waals surface area (Å²) in [5.41, 5.74) is 0.731. The van der Waals surface area contributed by atoms with Gasteiger partial charge in [-0.05, 0) is 63.5 Å². The molecule has 8 atom stereocenters. The van der Waals surface area contributed by atoms with E-state index >= 15 is 0 Å². The van der Waals surface area contributed by atoms with Crippen LogP contribution in [-0.4, -0.2) is 78.2 Å². The molecule has 2 amide bonds. The molecule has 2 fully saturated rings. The number of thiol groups is 1. The largest absolute Gasteiger partial charge is 0.457 e. The zero-order valence-electron chi connectivity index (χ0n) is 27.7. The molecule has 0 unspecified atom stereocenters. The van der Waals surface area contributed by atoms with Gasteiger partial charge in [0, 0.05) is 31.9 Å². The van der Waals surface area contributed by atoms with Crippen LogP contribution >= 0.6 is 24.2 Å². The first-order chi connectivity index (χ1) is 21.6. The van der Waals surface area contributed by atoms with E-state index in [4.69, 9.17) is 30.5 Å². The summed E-state index contributed by atoms with van der Waals surface area (Å²) in [5.74, 6) is -1.19. The number of nitrogens with one attached hydrogen (secondary N) is 1. The third kappa shape index (κ3) is 8.10. The molecule has 3 heterocycles. The molecule has 46 heavy (non-hydrogen) atoms. The highest BCUT2D eigenvalue weighted by molar-refractivity contribution is 7.80. The van der Waals surface area contributed by atoms with Crippen molar-refractivity contribution in [3.8, 4) is 0 Å². The summed E-state index contributed by atoms with van der Waals surface area (Å²) in [5, 5.41) is 14.6. The second-order valence-electron chi connectivity index (χ2n) is 13.1. The number of hydrogen-bond donors (Lipinski definition) is 3. The number of halogens is 1. The third-order valence-electron chi connectivity index (χ3n) is 9.35. The fraction of sp³-hybridized carbons (Fsp3) is 0.618. The van der Waals surface area contributed by atoms with E-state index in [9.17, 15) is 19.5 Å². The van der Waals surface area contributed by atoms with Crippen molar-refractivity contribution >= 4 is 47.9 Å². The van der Waals surface area contributed by atoms with Gasteiger partial charge in [0.25, 0.3) is 0 Å². The van der Waals surface area contributed by atoms with E-state index < -0.39 is 59.6 Å². The average molecular weight is 679 g/mol. The van der Waals surface area contributed by atoms with Crippen molar-refractivity contribution in [2.24, 2.45) is 11.8 Å². The van der Waals surface area contributed by atoms with E-state index in [1.165, 1.54) is 4.90 Å². The van der Waals surface area contributed by atoms with E-state index in [1.807, 2.05) is 58.1 Å². The molecule has 3 aliphatic rings. The topological polar surface area (TPSA) is 127 Å². The number of rotatable bonds is 6. The van der Waals surface area contributed by atoms with E-state index in [1.54, 1.807) is 20.9 Å². The van der Waals surface area contributed by atoms with Gasteiger partial charge in [0.2, 0.25) is 5.91 Å². The Labute approximate surface area is 282 Å². The molecule has 12 heteroatoms. The standard InChI is InChI=1S/C34H47ClN2O8S/c1-19-10-8-11-21(3)34(41)18-26(43-32(40)36-34)22(4)30-33(6,45-30)27(44-31(39)23(5)42-12-9-13-46)17-28(38)37(7)25-16-24(14-19)15-20(2)29(25)35/h8,10-11,15-16,21-23,26-27,30,41,46H,9,12-14,17-18H2,1-7H3,(H,36,40)/b11-8+,19-10+/t21-,22-,23-,26+,27+,30+,33+,34+/m1/s1. The number of alkyl carbamates (subject to hydrolysis) is 1. The number of esters is 1. The van der Waals surface area contributed by atoms with Gasteiger partial charge in [-0.2, -0.15) is 12.6 Å². The number of carbonyl (C=O) groups is 3. The Bertz CT molecular complexity index is 1390. The van der Waals surface area contributed by atoms with Crippen LogP contribution in [0.4, 0.5) is 10.5 Å².